The van der Waals surface area contributed by atoms with Crippen LogP contribution in [-0.4, -0.2) is 65.2 Å². The van der Waals surface area contributed by atoms with Crippen molar-refractivity contribution >= 4 is 23.4 Å². The lowest BCUT2D eigenvalue weighted by Gasteiger charge is -2.34. The number of hydrogen-bond acceptors (Lipinski definition) is 4. The summed E-state index contributed by atoms with van der Waals surface area (Å²) in [4.78, 5) is 31.3. The predicted octanol–water partition coefficient (Wildman–Crippen LogP) is 0.471. The average molecular weight is 325 g/mol. The van der Waals surface area contributed by atoms with Crippen molar-refractivity contribution in [3.05, 3.63) is 30.1 Å². The lowest BCUT2D eigenvalue weighted by molar-refractivity contribution is -0.133. The van der Waals surface area contributed by atoms with Gasteiger partial charge in [0.15, 0.2) is 0 Å². The Morgan fingerprint density at radius 2 is 1.86 bits per heavy atom. The first-order valence-electron chi connectivity index (χ1n) is 7.40. The third-order valence-corrected chi connectivity index (χ3v) is 3.91. The van der Waals surface area contributed by atoms with Gasteiger partial charge in [-0.15, -0.1) is 11.6 Å². The van der Waals surface area contributed by atoms with Crippen LogP contribution in [0.4, 0.5) is 0 Å². The van der Waals surface area contributed by atoms with Gasteiger partial charge in [0.1, 0.15) is 5.88 Å². The fourth-order valence-electron chi connectivity index (χ4n) is 2.42. The molecule has 0 bridgehead atoms. The van der Waals surface area contributed by atoms with Crippen molar-refractivity contribution in [1.29, 1.82) is 0 Å². The van der Waals surface area contributed by atoms with Crippen LogP contribution in [0, 0.1) is 0 Å². The van der Waals surface area contributed by atoms with Crippen molar-refractivity contribution in [3.8, 4) is 0 Å². The zero-order valence-corrected chi connectivity index (χ0v) is 13.3. The monoisotopic (exact) mass is 324 g/mol. The Morgan fingerprint density at radius 3 is 2.50 bits per heavy atom. The zero-order chi connectivity index (χ0) is 15.8. The summed E-state index contributed by atoms with van der Waals surface area (Å²) in [6.45, 7) is 4.42. The van der Waals surface area contributed by atoms with E-state index in [4.69, 9.17) is 11.6 Å². The SMILES string of the molecule is O=C(CCl)NCCC(=O)N1CCN(Cc2ccncc2)CC1. The van der Waals surface area contributed by atoms with Gasteiger partial charge in [-0.25, -0.2) is 0 Å². The number of pyridine rings is 1. The number of aromatic nitrogens is 1. The van der Waals surface area contributed by atoms with E-state index in [2.05, 4.69) is 15.2 Å². The molecule has 1 aliphatic rings. The van der Waals surface area contributed by atoms with E-state index in [-0.39, 0.29) is 17.7 Å². The van der Waals surface area contributed by atoms with Crippen LogP contribution in [0.2, 0.25) is 0 Å². The van der Waals surface area contributed by atoms with Crippen LogP contribution < -0.4 is 5.32 Å². The van der Waals surface area contributed by atoms with Crippen LogP contribution in [0.15, 0.2) is 24.5 Å². The molecular weight excluding hydrogens is 304 g/mol. The molecule has 0 aromatic carbocycles. The van der Waals surface area contributed by atoms with E-state index >= 15 is 0 Å². The minimum Gasteiger partial charge on any atom is -0.355 e. The number of halogens is 1. The normalized spacial score (nSPS) is 15.6. The predicted molar refractivity (Wildman–Crippen MR) is 84.4 cm³/mol. The highest BCUT2D eigenvalue weighted by Gasteiger charge is 2.20. The van der Waals surface area contributed by atoms with Gasteiger partial charge in [-0.3, -0.25) is 19.5 Å². The molecule has 2 rings (SSSR count). The Labute approximate surface area is 135 Å². The van der Waals surface area contributed by atoms with Crippen LogP contribution in [0.25, 0.3) is 0 Å². The van der Waals surface area contributed by atoms with E-state index in [0.717, 1.165) is 32.7 Å². The molecule has 1 aliphatic heterocycles. The van der Waals surface area contributed by atoms with Crippen molar-refractivity contribution < 1.29 is 9.59 Å². The van der Waals surface area contributed by atoms with E-state index in [1.807, 2.05) is 17.0 Å². The topological polar surface area (TPSA) is 65.5 Å². The Kier molecular flexibility index (Phi) is 6.61. The number of carbonyl (C=O) groups is 2. The summed E-state index contributed by atoms with van der Waals surface area (Å²) >= 11 is 5.38. The maximum absolute atomic E-state index is 12.0. The summed E-state index contributed by atoms with van der Waals surface area (Å²) in [7, 11) is 0. The van der Waals surface area contributed by atoms with Crippen LogP contribution >= 0.6 is 11.6 Å². The lowest BCUT2D eigenvalue weighted by atomic mass is 10.2. The first-order chi connectivity index (χ1) is 10.7. The molecule has 1 fully saturated rings. The van der Waals surface area contributed by atoms with E-state index in [0.29, 0.717) is 13.0 Å². The molecule has 7 heteroatoms. The van der Waals surface area contributed by atoms with Crippen molar-refractivity contribution in [2.45, 2.75) is 13.0 Å². The van der Waals surface area contributed by atoms with Gasteiger partial charge >= 0.3 is 0 Å². The number of nitrogens with one attached hydrogen (secondary N) is 1. The van der Waals surface area contributed by atoms with Gasteiger partial charge in [0.25, 0.3) is 0 Å². The number of amides is 2. The minimum atomic E-state index is -0.239. The van der Waals surface area contributed by atoms with Gasteiger partial charge in [-0.2, -0.15) is 0 Å². The van der Waals surface area contributed by atoms with Crippen molar-refractivity contribution in [3.63, 3.8) is 0 Å². The molecule has 2 heterocycles. The number of hydrogen-bond donors (Lipinski definition) is 1. The maximum Gasteiger partial charge on any atom is 0.234 e. The van der Waals surface area contributed by atoms with Crippen LogP contribution in [0.1, 0.15) is 12.0 Å². The van der Waals surface area contributed by atoms with E-state index < -0.39 is 0 Å². The lowest BCUT2D eigenvalue weighted by Crippen LogP contribution is -2.48. The number of rotatable bonds is 6. The Balaban J connectivity index is 1.68. The summed E-state index contributed by atoms with van der Waals surface area (Å²) in [5, 5.41) is 2.61. The van der Waals surface area contributed by atoms with Crippen LogP contribution in [0.3, 0.4) is 0 Å². The van der Waals surface area contributed by atoms with E-state index in [1.54, 1.807) is 12.4 Å². The van der Waals surface area contributed by atoms with Gasteiger partial charge in [-0.1, -0.05) is 0 Å². The average Bonchev–Trinajstić information content (AvgIpc) is 2.56. The molecule has 2 amide bonds. The highest BCUT2D eigenvalue weighted by Crippen LogP contribution is 2.08. The zero-order valence-electron chi connectivity index (χ0n) is 12.5. The first kappa shape index (κ1) is 16.7. The molecule has 0 unspecified atom stereocenters. The summed E-state index contributed by atoms with van der Waals surface area (Å²) in [6.07, 6.45) is 3.92. The van der Waals surface area contributed by atoms with Crippen molar-refractivity contribution in [1.82, 2.24) is 20.1 Å². The van der Waals surface area contributed by atoms with Crippen LogP contribution in [-0.2, 0) is 16.1 Å². The minimum absolute atomic E-state index is 0.0676. The molecule has 0 spiro atoms. The Bertz CT molecular complexity index is 490. The van der Waals surface area contributed by atoms with E-state index in [9.17, 15) is 9.59 Å². The van der Waals surface area contributed by atoms with Gasteiger partial charge in [-0.05, 0) is 17.7 Å². The third kappa shape index (κ3) is 5.27. The number of carbonyl (C=O) groups excluding carboxylic acids is 2. The van der Waals surface area contributed by atoms with Crippen molar-refractivity contribution in [2.75, 3.05) is 38.6 Å². The Morgan fingerprint density at radius 1 is 1.18 bits per heavy atom. The molecule has 120 valence electrons. The molecule has 6 nitrogen and oxygen atoms in total. The standard InChI is InChI=1S/C15H21ClN4O2/c16-11-14(21)18-6-3-15(22)20-9-7-19(8-10-20)12-13-1-4-17-5-2-13/h1-2,4-5H,3,6-12H2,(H,18,21). The molecular formula is C15H21ClN4O2. The summed E-state index contributed by atoms with van der Waals surface area (Å²) < 4.78 is 0. The van der Waals surface area contributed by atoms with Crippen LogP contribution in [0.5, 0.6) is 0 Å². The van der Waals surface area contributed by atoms with Gasteiger partial charge < -0.3 is 10.2 Å². The smallest absolute Gasteiger partial charge is 0.234 e. The fourth-order valence-corrected chi connectivity index (χ4v) is 2.51. The number of nitrogens with zero attached hydrogens (tertiary/aromatic N) is 3. The second-order valence-corrected chi connectivity index (χ2v) is 5.51. The maximum atomic E-state index is 12.0. The van der Waals surface area contributed by atoms with Gasteiger partial charge in [0.05, 0.1) is 0 Å². The first-order valence-corrected chi connectivity index (χ1v) is 7.94. The summed E-state index contributed by atoms with van der Waals surface area (Å²) in [6, 6.07) is 4.02. The van der Waals surface area contributed by atoms with Gasteiger partial charge in [0.2, 0.25) is 11.8 Å². The molecule has 0 radical (unpaired) electrons. The van der Waals surface area contributed by atoms with Gasteiger partial charge in [0, 0.05) is 58.1 Å². The molecule has 22 heavy (non-hydrogen) atoms. The molecule has 1 N–H and O–H groups in total. The largest absolute Gasteiger partial charge is 0.355 e. The highest BCUT2D eigenvalue weighted by molar-refractivity contribution is 6.27. The molecule has 0 aliphatic carbocycles. The molecule has 1 saturated heterocycles. The highest BCUT2D eigenvalue weighted by atomic mass is 35.5. The van der Waals surface area contributed by atoms with E-state index in [1.165, 1.54) is 5.56 Å². The number of alkyl halides is 1. The summed E-state index contributed by atoms with van der Waals surface area (Å²) in [5.41, 5.74) is 1.23. The summed E-state index contributed by atoms with van der Waals surface area (Å²) in [5.74, 6) is -0.225. The quantitative estimate of drug-likeness (QED) is 0.773. The number of piperazine rings is 1. The molecule has 1 aromatic rings. The third-order valence-electron chi connectivity index (χ3n) is 3.66. The fraction of sp³-hybridized carbons (Fsp3) is 0.533. The molecule has 1 aromatic heterocycles. The molecule has 0 saturated carbocycles. The molecule has 0 atom stereocenters. The van der Waals surface area contributed by atoms with Crippen molar-refractivity contribution in [2.24, 2.45) is 0 Å². The second-order valence-electron chi connectivity index (χ2n) is 5.25. The Hall–Kier alpha value is -1.66. The second kappa shape index (κ2) is 8.70.